The molecule has 0 bridgehead atoms. The van der Waals surface area contributed by atoms with Gasteiger partial charge in [0.05, 0.1) is 6.61 Å². The van der Waals surface area contributed by atoms with Crippen LogP contribution in [0.3, 0.4) is 0 Å². The predicted octanol–water partition coefficient (Wildman–Crippen LogP) is 2.27. The summed E-state index contributed by atoms with van der Waals surface area (Å²) in [5, 5.41) is 21.0. The number of aliphatic hydroxyl groups excluding tert-OH is 1. The number of thioether (sulfide) groups is 1. The number of nitrogens with one attached hydrogen (secondary N) is 1. The Morgan fingerprint density at radius 1 is 1.35 bits per heavy atom. The molecule has 4 nitrogen and oxygen atoms in total. The molecule has 0 saturated heterocycles. The van der Waals surface area contributed by atoms with Crippen molar-refractivity contribution in [2.75, 3.05) is 18.2 Å². The highest BCUT2D eigenvalue weighted by molar-refractivity contribution is 7.99. The first-order chi connectivity index (χ1) is 8.01. The van der Waals surface area contributed by atoms with Crippen LogP contribution in [0.4, 0.5) is 5.82 Å². The van der Waals surface area contributed by atoms with E-state index in [4.69, 9.17) is 11.6 Å². The van der Waals surface area contributed by atoms with Gasteiger partial charge in [0.15, 0.2) is 11.0 Å². The van der Waals surface area contributed by atoms with Crippen molar-refractivity contribution < 1.29 is 5.11 Å². The first kappa shape index (κ1) is 14.5. The van der Waals surface area contributed by atoms with Crippen molar-refractivity contribution in [1.29, 1.82) is 0 Å². The van der Waals surface area contributed by atoms with Gasteiger partial charge in [-0.25, -0.2) is 0 Å². The summed E-state index contributed by atoms with van der Waals surface area (Å²) in [6.45, 7) is 6.02. The van der Waals surface area contributed by atoms with E-state index < -0.39 is 0 Å². The average molecular weight is 276 g/mol. The zero-order chi connectivity index (χ0) is 13.0. The van der Waals surface area contributed by atoms with Crippen LogP contribution in [0, 0.1) is 13.8 Å². The number of aromatic nitrogens is 2. The molecule has 96 valence electrons. The van der Waals surface area contributed by atoms with Crippen LogP contribution in [0.5, 0.6) is 0 Å². The smallest absolute Gasteiger partial charge is 0.155 e. The van der Waals surface area contributed by atoms with E-state index in [-0.39, 0.29) is 17.9 Å². The van der Waals surface area contributed by atoms with Gasteiger partial charge in [0.2, 0.25) is 0 Å². The van der Waals surface area contributed by atoms with Gasteiger partial charge < -0.3 is 10.4 Å². The van der Waals surface area contributed by atoms with Crippen LogP contribution >= 0.6 is 23.4 Å². The van der Waals surface area contributed by atoms with Crippen LogP contribution in [0.2, 0.25) is 5.15 Å². The number of anilines is 1. The molecule has 0 aliphatic heterocycles. The summed E-state index contributed by atoms with van der Waals surface area (Å²) in [4.78, 5) is 0. The third-order valence-electron chi connectivity index (χ3n) is 2.87. The highest BCUT2D eigenvalue weighted by Crippen LogP contribution is 2.22. The Balaban J connectivity index is 2.85. The third kappa shape index (κ3) is 3.47. The summed E-state index contributed by atoms with van der Waals surface area (Å²) >= 11 is 7.52. The van der Waals surface area contributed by atoms with Crippen LogP contribution in [0.15, 0.2) is 0 Å². The molecule has 2 unspecified atom stereocenters. The topological polar surface area (TPSA) is 58.0 Å². The zero-order valence-corrected chi connectivity index (χ0v) is 12.1. The number of rotatable bonds is 5. The monoisotopic (exact) mass is 275 g/mol. The average Bonchev–Trinajstić information content (AvgIpc) is 2.31. The lowest BCUT2D eigenvalue weighted by Crippen LogP contribution is -2.31. The van der Waals surface area contributed by atoms with Crippen molar-refractivity contribution in [3.05, 3.63) is 16.3 Å². The molecule has 0 radical (unpaired) electrons. The number of hydrogen-bond donors (Lipinski definition) is 2. The molecule has 6 heteroatoms. The highest BCUT2D eigenvalue weighted by Gasteiger charge is 2.17. The standard InChI is InChI=1S/C11H18ClN3OS/c1-6-7(2)11(15-14-10(6)12)13-8(3)9(5-16)17-4/h8-9,16H,5H2,1-4H3,(H,13,15). The lowest BCUT2D eigenvalue weighted by molar-refractivity contribution is 0.288. The van der Waals surface area contributed by atoms with Gasteiger partial charge in [-0.2, -0.15) is 11.8 Å². The van der Waals surface area contributed by atoms with Crippen LogP contribution < -0.4 is 5.32 Å². The minimum Gasteiger partial charge on any atom is -0.395 e. The first-order valence-electron chi connectivity index (χ1n) is 5.40. The lowest BCUT2D eigenvalue weighted by Gasteiger charge is -2.22. The van der Waals surface area contributed by atoms with Gasteiger partial charge in [-0.3, -0.25) is 0 Å². The van der Waals surface area contributed by atoms with Crippen molar-refractivity contribution in [2.24, 2.45) is 0 Å². The first-order valence-corrected chi connectivity index (χ1v) is 7.07. The molecular weight excluding hydrogens is 258 g/mol. The SMILES string of the molecule is CSC(CO)C(C)Nc1nnc(Cl)c(C)c1C. The van der Waals surface area contributed by atoms with E-state index in [1.165, 1.54) is 0 Å². The maximum atomic E-state index is 9.22. The second kappa shape index (κ2) is 6.42. The fourth-order valence-electron chi connectivity index (χ4n) is 1.46. The third-order valence-corrected chi connectivity index (χ3v) is 4.39. The van der Waals surface area contributed by atoms with E-state index in [0.717, 1.165) is 16.9 Å². The van der Waals surface area contributed by atoms with E-state index in [1.807, 2.05) is 27.0 Å². The van der Waals surface area contributed by atoms with Crippen molar-refractivity contribution in [2.45, 2.75) is 32.1 Å². The molecule has 1 aromatic heterocycles. The molecule has 17 heavy (non-hydrogen) atoms. The zero-order valence-electron chi connectivity index (χ0n) is 10.5. The minimum atomic E-state index is 0.114. The van der Waals surface area contributed by atoms with E-state index in [1.54, 1.807) is 11.8 Å². The van der Waals surface area contributed by atoms with E-state index >= 15 is 0 Å². The van der Waals surface area contributed by atoms with Gasteiger partial charge in [-0.05, 0) is 38.2 Å². The van der Waals surface area contributed by atoms with Crippen molar-refractivity contribution >= 4 is 29.2 Å². The van der Waals surface area contributed by atoms with Crippen LogP contribution in [0.1, 0.15) is 18.1 Å². The van der Waals surface area contributed by atoms with Crippen molar-refractivity contribution in [3.8, 4) is 0 Å². The molecule has 0 spiro atoms. The summed E-state index contributed by atoms with van der Waals surface area (Å²) in [5.41, 5.74) is 1.93. The molecule has 1 rings (SSSR count). The number of nitrogens with zero attached hydrogens (tertiary/aromatic N) is 2. The van der Waals surface area contributed by atoms with E-state index in [0.29, 0.717) is 5.15 Å². The normalized spacial score (nSPS) is 14.5. The number of aliphatic hydroxyl groups is 1. The largest absolute Gasteiger partial charge is 0.395 e. The molecular formula is C11H18ClN3OS. The number of hydrogen-bond acceptors (Lipinski definition) is 5. The quantitative estimate of drug-likeness (QED) is 0.863. The van der Waals surface area contributed by atoms with Crippen LogP contribution in [0.25, 0.3) is 0 Å². The maximum Gasteiger partial charge on any atom is 0.155 e. The van der Waals surface area contributed by atoms with Gasteiger partial charge in [0.1, 0.15) is 0 Å². The lowest BCUT2D eigenvalue weighted by atomic mass is 10.1. The summed E-state index contributed by atoms with van der Waals surface area (Å²) < 4.78 is 0. The number of halogens is 1. The molecule has 1 heterocycles. The highest BCUT2D eigenvalue weighted by atomic mass is 35.5. The Kier molecular flexibility index (Phi) is 5.49. The summed E-state index contributed by atoms with van der Waals surface area (Å²) in [6.07, 6.45) is 1.98. The van der Waals surface area contributed by atoms with Gasteiger partial charge in [0.25, 0.3) is 0 Å². The molecule has 0 aliphatic rings. The fraction of sp³-hybridized carbons (Fsp3) is 0.636. The second-order valence-corrected chi connectivity index (χ2v) is 5.41. The van der Waals surface area contributed by atoms with Crippen LogP contribution in [-0.2, 0) is 0 Å². The van der Waals surface area contributed by atoms with Crippen molar-refractivity contribution in [1.82, 2.24) is 10.2 Å². The molecule has 0 fully saturated rings. The Hall–Kier alpha value is -0.520. The van der Waals surface area contributed by atoms with Gasteiger partial charge in [0, 0.05) is 11.3 Å². The molecule has 2 N–H and O–H groups in total. The second-order valence-electron chi connectivity index (χ2n) is 3.98. The molecule has 1 aromatic rings. The Morgan fingerprint density at radius 2 is 2.00 bits per heavy atom. The Morgan fingerprint density at radius 3 is 2.53 bits per heavy atom. The molecule has 0 aromatic carbocycles. The van der Waals surface area contributed by atoms with Crippen LogP contribution in [-0.4, -0.2) is 39.5 Å². The fourth-order valence-corrected chi connectivity index (χ4v) is 2.26. The van der Waals surface area contributed by atoms with Gasteiger partial charge >= 0.3 is 0 Å². The molecule has 2 atom stereocenters. The molecule has 0 amide bonds. The maximum absolute atomic E-state index is 9.22. The molecule has 0 aliphatic carbocycles. The Bertz CT molecular complexity index is 385. The van der Waals surface area contributed by atoms with E-state index in [9.17, 15) is 5.11 Å². The van der Waals surface area contributed by atoms with Gasteiger partial charge in [-0.1, -0.05) is 11.6 Å². The Labute approximate surface area is 111 Å². The minimum absolute atomic E-state index is 0.114. The van der Waals surface area contributed by atoms with Crippen molar-refractivity contribution in [3.63, 3.8) is 0 Å². The summed E-state index contributed by atoms with van der Waals surface area (Å²) in [6, 6.07) is 0.114. The van der Waals surface area contributed by atoms with E-state index in [2.05, 4.69) is 15.5 Å². The summed E-state index contributed by atoms with van der Waals surface area (Å²) in [7, 11) is 0. The summed E-state index contributed by atoms with van der Waals surface area (Å²) in [5.74, 6) is 0.729. The van der Waals surface area contributed by atoms with Gasteiger partial charge in [-0.15, -0.1) is 10.2 Å². The molecule has 0 saturated carbocycles. The predicted molar refractivity (Wildman–Crippen MR) is 74.0 cm³/mol.